The normalized spacial score (nSPS) is 15.4. The van der Waals surface area contributed by atoms with E-state index >= 15 is 0 Å². The fourth-order valence-corrected chi connectivity index (χ4v) is 1.77. The molecule has 0 saturated carbocycles. The van der Waals surface area contributed by atoms with Gasteiger partial charge in [0.25, 0.3) is 0 Å². The van der Waals surface area contributed by atoms with Crippen LogP contribution in [0.3, 0.4) is 0 Å². The van der Waals surface area contributed by atoms with Crippen LogP contribution >= 0.6 is 0 Å². The lowest BCUT2D eigenvalue weighted by Gasteiger charge is -2.20. The van der Waals surface area contributed by atoms with E-state index in [4.69, 9.17) is 4.74 Å². The molecular weight excluding hydrogens is 240 g/mol. The summed E-state index contributed by atoms with van der Waals surface area (Å²) in [5, 5.41) is 6.52. The molecule has 0 saturated heterocycles. The van der Waals surface area contributed by atoms with E-state index in [1.807, 2.05) is 32.9 Å². The molecule has 0 aliphatic carbocycles. The molecule has 0 bridgehead atoms. The molecule has 5 heteroatoms. The molecule has 19 heavy (non-hydrogen) atoms. The lowest BCUT2D eigenvalue weighted by atomic mass is 10.2. The van der Waals surface area contributed by atoms with Crippen molar-refractivity contribution in [3.05, 3.63) is 23.9 Å². The van der Waals surface area contributed by atoms with Gasteiger partial charge in [0, 0.05) is 31.9 Å². The minimum atomic E-state index is -0.228. The molecule has 0 aromatic carbocycles. The van der Waals surface area contributed by atoms with Gasteiger partial charge in [-0.05, 0) is 38.8 Å². The summed E-state index contributed by atoms with van der Waals surface area (Å²) in [4.78, 5) is 8.60. The highest BCUT2D eigenvalue weighted by Crippen LogP contribution is 2.16. The fraction of sp³-hybridized carbons (Fsp3) is 0.571. The maximum atomic E-state index is 5.75. The first-order valence-electron chi connectivity index (χ1n) is 6.69. The Morgan fingerprint density at radius 2 is 2.26 bits per heavy atom. The summed E-state index contributed by atoms with van der Waals surface area (Å²) in [7, 11) is 0. The van der Waals surface area contributed by atoms with Crippen molar-refractivity contribution in [3.63, 3.8) is 0 Å². The molecule has 104 valence electrons. The Bertz CT molecular complexity index is 451. The molecule has 5 nitrogen and oxygen atoms in total. The van der Waals surface area contributed by atoms with E-state index in [-0.39, 0.29) is 5.60 Å². The van der Waals surface area contributed by atoms with E-state index in [0.29, 0.717) is 5.88 Å². The van der Waals surface area contributed by atoms with Gasteiger partial charge in [0.15, 0.2) is 5.96 Å². The van der Waals surface area contributed by atoms with Gasteiger partial charge < -0.3 is 15.4 Å². The highest BCUT2D eigenvalue weighted by atomic mass is 16.5. The lowest BCUT2D eigenvalue weighted by Crippen LogP contribution is -2.40. The second kappa shape index (κ2) is 5.91. The SMILES string of the molecule is CC(C)(C)Oc1cc(CNC2=NCCCN2)ccn1. The molecule has 0 unspecified atom stereocenters. The Kier molecular flexibility index (Phi) is 4.24. The average molecular weight is 262 g/mol. The van der Waals surface area contributed by atoms with E-state index < -0.39 is 0 Å². The van der Waals surface area contributed by atoms with Crippen molar-refractivity contribution in [2.24, 2.45) is 4.99 Å². The van der Waals surface area contributed by atoms with Crippen molar-refractivity contribution in [2.45, 2.75) is 39.3 Å². The maximum Gasteiger partial charge on any atom is 0.214 e. The molecule has 2 N–H and O–H groups in total. The zero-order valence-electron chi connectivity index (χ0n) is 11.9. The van der Waals surface area contributed by atoms with Gasteiger partial charge in [-0.1, -0.05) is 0 Å². The molecular formula is C14H22N4O. The van der Waals surface area contributed by atoms with Gasteiger partial charge in [-0.15, -0.1) is 0 Å². The van der Waals surface area contributed by atoms with Crippen LogP contribution in [0.4, 0.5) is 0 Å². The second-order valence-corrected chi connectivity index (χ2v) is 5.58. The minimum absolute atomic E-state index is 0.228. The number of aliphatic imine (C=N–C) groups is 1. The third kappa shape index (κ3) is 4.77. The van der Waals surface area contributed by atoms with Crippen LogP contribution in [0.25, 0.3) is 0 Å². The summed E-state index contributed by atoms with van der Waals surface area (Å²) >= 11 is 0. The van der Waals surface area contributed by atoms with Crippen LogP contribution in [0, 0.1) is 0 Å². The van der Waals surface area contributed by atoms with Crippen LogP contribution in [0.15, 0.2) is 23.3 Å². The van der Waals surface area contributed by atoms with Crippen molar-refractivity contribution in [3.8, 4) is 5.88 Å². The number of ether oxygens (including phenoxy) is 1. The van der Waals surface area contributed by atoms with Gasteiger partial charge in [-0.2, -0.15) is 0 Å². The average Bonchev–Trinajstić information content (AvgIpc) is 2.36. The summed E-state index contributed by atoms with van der Waals surface area (Å²) in [6, 6.07) is 3.94. The van der Waals surface area contributed by atoms with Crippen molar-refractivity contribution in [1.82, 2.24) is 15.6 Å². The van der Waals surface area contributed by atoms with Gasteiger partial charge in [-0.25, -0.2) is 4.98 Å². The number of rotatable bonds is 3. The Morgan fingerprint density at radius 1 is 1.42 bits per heavy atom. The maximum absolute atomic E-state index is 5.75. The predicted octanol–water partition coefficient (Wildman–Crippen LogP) is 1.70. The third-order valence-corrected chi connectivity index (χ3v) is 2.57. The first-order valence-corrected chi connectivity index (χ1v) is 6.69. The molecule has 1 aromatic heterocycles. The molecule has 2 heterocycles. The highest BCUT2D eigenvalue weighted by molar-refractivity contribution is 5.80. The van der Waals surface area contributed by atoms with E-state index in [2.05, 4.69) is 20.6 Å². The number of hydrogen-bond acceptors (Lipinski definition) is 5. The number of nitrogens with one attached hydrogen (secondary N) is 2. The van der Waals surface area contributed by atoms with Crippen LogP contribution < -0.4 is 15.4 Å². The Labute approximate surface area is 114 Å². The molecule has 1 aliphatic rings. The van der Waals surface area contributed by atoms with E-state index in [9.17, 15) is 0 Å². The summed E-state index contributed by atoms with van der Waals surface area (Å²) < 4.78 is 5.75. The summed E-state index contributed by atoms with van der Waals surface area (Å²) in [5.74, 6) is 1.53. The fourth-order valence-electron chi connectivity index (χ4n) is 1.77. The minimum Gasteiger partial charge on any atom is -0.472 e. The van der Waals surface area contributed by atoms with Crippen LogP contribution in [-0.2, 0) is 6.54 Å². The quantitative estimate of drug-likeness (QED) is 0.870. The number of guanidine groups is 1. The molecule has 0 atom stereocenters. The van der Waals surface area contributed by atoms with Crippen molar-refractivity contribution >= 4 is 5.96 Å². The molecule has 2 rings (SSSR count). The molecule has 0 amide bonds. The van der Waals surface area contributed by atoms with Gasteiger partial charge in [0.2, 0.25) is 5.88 Å². The van der Waals surface area contributed by atoms with Crippen LogP contribution in [0.5, 0.6) is 5.88 Å². The smallest absolute Gasteiger partial charge is 0.214 e. The number of aromatic nitrogens is 1. The molecule has 1 aliphatic heterocycles. The third-order valence-electron chi connectivity index (χ3n) is 2.57. The Hall–Kier alpha value is -1.78. The first-order chi connectivity index (χ1) is 9.03. The van der Waals surface area contributed by atoms with Gasteiger partial charge in [-0.3, -0.25) is 4.99 Å². The monoisotopic (exact) mass is 262 g/mol. The predicted molar refractivity (Wildman–Crippen MR) is 76.4 cm³/mol. The van der Waals surface area contributed by atoms with Crippen molar-refractivity contribution < 1.29 is 4.74 Å². The van der Waals surface area contributed by atoms with Crippen LogP contribution in [-0.4, -0.2) is 29.6 Å². The lowest BCUT2D eigenvalue weighted by molar-refractivity contribution is 0.124. The summed E-state index contributed by atoms with van der Waals surface area (Å²) in [6.45, 7) is 8.64. The number of pyridine rings is 1. The zero-order valence-corrected chi connectivity index (χ0v) is 11.9. The van der Waals surface area contributed by atoms with Crippen LogP contribution in [0.2, 0.25) is 0 Å². The largest absolute Gasteiger partial charge is 0.472 e. The van der Waals surface area contributed by atoms with Crippen molar-refractivity contribution in [1.29, 1.82) is 0 Å². The van der Waals surface area contributed by atoms with E-state index in [1.54, 1.807) is 6.20 Å². The Balaban J connectivity index is 1.93. The van der Waals surface area contributed by atoms with E-state index in [0.717, 1.165) is 37.6 Å². The summed E-state index contributed by atoms with van der Waals surface area (Å²) in [6.07, 6.45) is 2.87. The molecule has 0 fully saturated rings. The zero-order chi connectivity index (χ0) is 13.7. The Morgan fingerprint density at radius 3 is 2.95 bits per heavy atom. The van der Waals surface area contributed by atoms with Gasteiger partial charge >= 0.3 is 0 Å². The topological polar surface area (TPSA) is 58.5 Å². The van der Waals surface area contributed by atoms with Gasteiger partial charge in [0.1, 0.15) is 5.60 Å². The molecule has 0 spiro atoms. The number of nitrogens with zero attached hydrogens (tertiary/aromatic N) is 2. The molecule has 1 aromatic rings. The van der Waals surface area contributed by atoms with Crippen molar-refractivity contribution in [2.75, 3.05) is 13.1 Å². The highest BCUT2D eigenvalue weighted by Gasteiger charge is 2.12. The first kappa shape index (κ1) is 13.6. The van der Waals surface area contributed by atoms with Crippen LogP contribution in [0.1, 0.15) is 32.8 Å². The van der Waals surface area contributed by atoms with E-state index in [1.165, 1.54) is 0 Å². The molecule has 0 radical (unpaired) electrons. The second-order valence-electron chi connectivity index (χ2n) is 5.58. The number of hydrogen-bond donors (Lipinski definition) is 2. The summed E-state index contributed by atoms with van der Waals surface area (Å²) in [5.41, 5.74) is 0.901. The standard InChI is InChI=1S/C14H22N4O/c1-14(2,3)19-12-9-11(5-8-15-12)10-18-13-16-6-4-7-17-13/h5,8-9H,4,6-7,10H2,1-3H3,(H2,16,17,18). The van der Waals surface area contributed by atoms with Gasteiger partial charge in [0.05, 0.1) is 0 Å².